The lowest BCUT2D eigenvalue weighted by Crippen LogP contribution is -2.19. The molecule has 0 saturated heterocycles. The van der Waals surface area contributed by atoms with Gasteiger partial charge in [0, 0.05) is 0 Å². The first-order valence-corrected chi connectivity index (χ1v) is 6.82. The van der Waals surface area contributed by atoms with Crippen LogP contribution in [-0.2, 0) is 0 Å². The molecule has 0 heterocycles. The van der Waals surface area contributed by atoms with E-state index < -0.39 is 0 Å². The summed E-state index contributed by atoms with van der Waals surface area (Å²) in [5, 5.41) is 10.1. The fourth-order valence-corrected chi connectivity index (χ4v) is 2.31. The molecular weight excluding hydrogens is 228 g/mol. The quantitative estimate of drug-likeness (QED) is 0.881. The average molecular weight is 250 g/mol. The molecule has 0 spiro atoms. The molecule has 100 valence electrons. The van der Waals surface area contributed by atoms with E-state index in [9.17, 15) is 5.11 Å². The number of benzene rings is 1. The SMILES string of the molecule is CC(C)Oc1cccc(OC2CCCCC2)c1O. The van der Waals surface area contributed by atoms with Crippen molar-refractivity contribution in [3.8, 4) is 17.2 Å². The minimum Gasteiger partial charge on any atom is -0.502 e. The second kappa shape index (κ2) is 5.98. The highest BCUT2D eigenvalue weighted by Gasteiger charge is 2.18. The first kappa shape index (κ1) is 13.1. The normalized spacial score (nSPS) is 16.8. The number of aromatic hydroxyl groups is 1. The number of ether oxygens (including phenoxy) is 2. The molecule has 1 aromatic carbocycles. The summed E-state index contributed by atoms with van der Waals surface area (Å²) < 4.78 is 11.4. The Kier molecular flexibility index (Phi) is 4.34. The summed E-state index contributed by atoms with van der Waals surface area (Å²) in [5.74, 6) is 1.16. The van der Waals surface area contributed by atoms with Gasteiger partial charge in [-0.3, -0.25) is 0 Å². The van der Waals surface area contributed by atoms with Crippen molar-refractivity contribution in [3.05, 3.63) is 18.2 Å². The molecule has 0 bridgehead atoms. The van der Waals surface area contributed by atoms with Gasteiger partial charge >= 0.3 is 0 Å². The molecule has 18 heavy (non-hydrogen) atoms. The monoisotopic (exact) mass is 250 g/mol. The van der Waals surface area contributed by atoms with Crippen molar-refractivity contribution in [3.63, 3.8) is 0 Å². The molecule has 0 amide bonds. The van der Waals surface area contributed by atoms with Gasteiger partial charge in [-0.1, -0.05) is 12.5 Å². The third-order valence-corrected chi connectivity index (χ3v) is 3.17. The van der Waals surface area contributed by atoms with E-state index in [1.807, 2.05) is 19.9 Å². The Balaban J connectivity index is 2.07. The molecule has 1 N–H and O–H groups in total. The third-order valence-electron chi connectivity index (χ3n) is 3.17. The van der Waals surface area contributed by atoms with Crippen molar-refractivity contribution in [2.45, 2.75) is 58.2 Å². The van der Waals surface area contributed by atoms with Gasteiger partial charge < -0.3 is 14.6 Å². The largest absolute Gasteiger partial charge is 0.502 e. The van der Waals surface area contributed by atoms with Gasteiger partial charge in [-0.15, -0.1) is 0 Å². The minimum absolute atomic E-state index is 0.0424. The molecule has 0 unspecified atom stereocenters. The molecule has 0 aliphatic heterocycles. The standard InChI is InChI=1S/C15H22O3/c1-11(2)17-13-9-6-10-14(15(13)16)18-12-7-4-3-5-8-12/h6,9-12,16H,3-5,7-8H2,1-2H3. The van der Waals surface area contributed by atoms with Crippen molar-refractivity contribution in [2.75, 3.05) is 0 Å². The summed E-state index contributed by atoms with van der Waals surface area (Å²) in [6, 6.07) is 5.43. The lowest BCUT2D eigenvalue weighted by atomic mass is 9.98. The molecule has 0 aromatic heterocycles. The summed E-state index contributed by atoms with van der Waals surface area (Å²) in [6.45, 7) is 3.88. The lowest BCUT2D eigenvalue weighted by molar-refractivity contribution is 0.147. The van der Waals surface area contributed by atoms with Gasteiger partial charge in [0.1, 0.15) is 0 Å². The number of phenols is 1. The van der Waals surface area contributed by atoms with E-state index in [2.05, 4.69) is 0 Å². The van der Waals surface area contributed by atoms with E-state index in [0.717, 1.165) is 12.8 Å². The van der Waals surface area contributed by atoms with E-state index in [1.165, 1.54) is 19.3 Å². The fourth-order valence-electron chi connectivity index (χ4n) is 2.31. The molecule has 3 nitrogen and oxygen atoms in total. The molecular formula is C15H22O3. The Labute approximate surface area is 109 Å². The van der Waals surface area contributed by atoms with Crippen molar-refractivity contribution in [1.82, 2.24) is 0 Å². The number of para-hydroxylation sites is 1. The molecule has 1 aliphatic rings. The van der Waals surface area contributed by atoms with Crippen LogP contribution in [0.1, 0.15) is 46.0 Å². The van der Waals surface area contributed by atoms with Crippen LogP contribution >= 0.6 is 0 Å². The van der Waals surface area contributed by atoms with Gasteiger partial charge in [-0.05, 0) is 51.7 Å². The molecule has 0 radical (unpaired) electrons. The van der Waals surface area contributed by atoms with Crippen molar-refractivity contribution in [1.29, 1.82) is 0 Å². The van der Waals surface area contributed by atoms with Gasteiger partial charge in [-0.2, -0.15) is 0 Å². The molecule has 3 heteroatoms. The second-order valence-corrected chi connectivity index (χ2v) is 5.15. The average Bonchev–Trinajstić information content (AvgIpc) is 2.35. The number of hydrogen-bond acceptors (Lipinski definition) is 3. The molecule has 0 atom stereocenters. The van der Waals surface area contributed by atoms with E-state index >= 15 is 0 Å². The third kappa shape index (κ3) is 3.31. The molecule has 2 rings (SSSR count). The molecule has 1 aliphatic carbocycles. The zero-order valence-corrected chi connectivity index (χ0v) is 11.2. The Morgan fingerprint density at radius 3 is 2.44 bits per heavy atom. The number of phenolic OH excluding ortho intramolecular Hbond substituents is 1. The van der Waals surface area contributed by atoms with Crippen molar-refractivity contribution < 1.29 is 14.6 Å². The Morgan fingerprint density at radius 1 is 1.11 bits per heavy atom. The maximum atomic E-state index is 10.1. The van der Waals surface area contributed by atoms with E-state index in [1.54, 1.807) is 12.1 Å². The highest BCUT2D eigenvalue weighted by atomic mass is 16.5. The summed E-state index contributed by atoms with van der Waals surface area (Å²) in [5.41, 5.74) is 0. The molecule has 1 saturated carbocycles. The maximum Gasteiger partial charge on any atom is 0.200 e. The molecule has 1 fully saturated rings. The second-order valence-electron chi connectivity index (χ2n) is 5.15. The summed E-state index contributed by atoms with van der Waals surface area (Å²) in [7, 11) is 0. The lowest BCUT2D eigenvalue weighted by Gasteiger charge is -2.24. The minimum atomic E-state index is 0.0424. The highest BCUT2D eigenvalue weighted by molar-refractivity contribution is 5.50. The first-order valence-electron chi connectivity index (χ1n) is 6.82. The Bertz CT molecular complexity index is 381. The Hall–Kier alpha value is -1.38. The van der Waals surface area contributed by atoms with E-state index in [0.29, 0.717) is 11.5 Å². The summed E-state index contributed by atoms with van der Waals surface area (Å²) in [6.07, 6.45) is 6.16. The van der Waals surface area contributed by atoms with Crippen molar-refractivity contribution in [2.24, 2.45) is 0 Å². The van der Waals surface area contributed by atoms with Crippen LogP contribution in [0.15, 0.2) is 18.2 Å². The van der Waals surface area contributed by atoms with Gasteiger partial charge in [0.2, 0.25) is 5.75 Å². The zero-order valence-electron chi connectivity index (χ0n) is 11.2. The predicted molar refractivity (Wildman–Crippen MR) is 71.4 cm³/mol. The van der Waals surface area contributed by atoms with Gasteiger partial charge in [-0.25, -0.2) is 0 Å². The van der Waals surface area contributed by atoms with E-state index in [4.69, 9.17) is 9.47 Å². The van der Waals surface area contributed by atoms with Crippen LogP contribution in [0.25, 0.3) is 0 Å². The smallest absolute Gasteiger partial charge is 0.200 e. The van der Waals surface area contributed by atoms with Gasteiger partial charge in [0.05, 0.1) is 12.2 Å². The van der Waals surface area contributed by atoms with Crippen LogP contribution in [0, 0.1) is 0 Å². The fraction of sp³-hybridized carbons (Fsp3) is 0.600. The van der Waals surface area contributed by atoms with Crippen molar-refractivity contribution >= 4 is 0 Å². The van der Waals surface area contributed by atoms with Crippen LogP contribution in [0.5, 0.6) is 17.2 Å². The van der Waals surface area contributed by atoms with Crippen LogP contribution in [0.4, 0.5) is 0 Å². The van der Waals surface area contributed by atoms with E-state index in [-0.39, 0.29) is 18.0 Å². The topological polar surface area (TPSA) is 38.7 Å². The highest BCUT2D eigenvalue weighted by Crippen LogP contribution is 2.38. The Morgan fingerprint density at radius 2 is 1.78 bits per heavy atom. The summed E-state index contributed by atoms with van der Waals surface area (Å²) >= 11 is 0. The van der Waals surface area contributed by atoms with Crippen LogP contribution in [0.3, 0.4) is 0 Å². The van der Waals surface area contributed by atoms with Gasteiger partial charge in [0.15, 0.2) is 11.5 Å². The van der Waals surface area contributed by atoms with Crippen LogP contribution in [0.2, 0.25) is 0 Å². The zero-order chi connectivity index (χ0) is 13.0. The number of hydrogen-bond donors (Lipinski definition) is 1. The van der Waals surface area contributed by atoms with Crippen LogP contribution in [-0.4, -0.2) is 17.3 Å². The first-order chi connectivity index (χ1) is 8.66. The molecule has 1 aromatic rings. The predicted octanol–water partition coefficient (Wildman–Crippen LogP) is 3.89. The summed E-state index contributed by atoms with van der Waals surface area (Å²) in [4.78, 5) is 0. The maximum absolute atomic E-state index is 10.1. The number of rotatable bonds is 4. The van der Waals surface area contributed by atoms with Gasteiger partial charge in [0.25, 0.3) is 0 Å². The van der Waals surface area contributed by atoms with Crippen LogP contribution < -0.4 is 9.47 Å².